The lowest BCUT2D eigenvalue weighted by Gasteiger charge is -2.30. The molecule has 0 aromatic heterocycles. The average Bonchev–Trinajstić information content (AvgIpc) is 2.73. The normalized spacial score (nSPS) is 15.9. The second kappa shape index (κ2) is 8.86. The van der Waals surface area contributed by atoms with Gasteiger partial charge < -0.3 is 4.74 Å². The molecule has 0 radical (unpaired) electrons. The van der Waals surface area contributed by atoms with Crippen LogP contribution < -0.4 is 0 Å². The van der Waals surface area contributed by atoms with Gasteiger partial charge in [-0.1, -0.05) is 41.9 Å². The van der Waals surface area contributed by atoms with Gasteiger partial charge in [0.15, 0.2) is 12.4 Å². The van der Waals surface area contributed by atoms with Crippen LogP contribution in [0.1, 0.15) is 23.2 Å². The third kappa shape index (κ3) is 4.79. The van der Waals surface area contributed by atoms with Crippen LogP contribution in [0.3, 0.4) is 0 Å². The zero-order chi connectivity index (χ0) is 20.1. The summed E-state index contributed by atoms with van der Waals surface area (Å²) < 4.78 is 31.8. The maximum atomic E-state index is 12.7. The van der Waals surface area contributed by atoms with Crippen LogP contribution in [0.15, 0.2) is 59.5 Å². The van der Waals surface area contributed by atoms with E-state index in [0.29, 0.717) is 23.4 Å². The topological polar surface area (TPSA) is 80.8 Å². The number of hydrogen-bond donors (Lipinski definition) is 0. The quantitative estimate of drug-likeness (QED) is 0.528. The van der Waals surface area contributed by atoms with E-state index in [1.165, 1.54) is 28.6 Å². The Kier molecular flexibility index (Phi) is 6.49. The standard InChI is InChI=1S/C20H20ClNO5S/c21-17-6-8-18(9-7-17)28(25,26)22-12-10-16(11-13-22)20(24)27-14-19(23)15-4-2-1-3-5-15/h1-9,16H,10-14H2. The molecule has 0 unspecified atom stereocenters. The summed E-state index contributed by atoms with van der Waals surface area (Å²) in [6, 6.07) is 14.6. The molecule has 0 N–H and O–H groups in total. The Morgan fingerprint density at radius 3 is 2.21 bits per heavy atom. The van der Waals surface area contributed by atoms with Gasteiger partial charge in [-0.05, 0) is 37.1 Å². The van der Waals surface area contributed by atoms with E-state index in [-0.39, 0.29) is 30.4 Å². The Bertz CT molecular complexity index is 936. The maximum absolute atomic E-state index is 12.7. The minimum absolute atomic E-state index is 0.173. The highest BCUT2D eigenvalue weighted by Gasteiger charge is 2.33. The molecule has 0 amide bonds. The Morgan fingerprint density at radius 2 is 1.61 bits per heavy atom. The number of carbonyl (C=O) groups is 2. The van der Waals surface area contributed by atoms with Crippen LogP contribution in [0.4, 0.5) is 0 Å². The Balaban J connectivity index is 1.52. The second-order valence-corrected chi connectivity index (χ2v) is 8.90. The molecule has 1 aliphatic heterocycles. The Labute approximate surface area is 169 Å². The summed E-state index contributed by atoms with van der Waals surface area (Å²) in [7, 11) is -3.62. The van der Waals surface area contributed by atoms with E-state index in [9.17, 15) is 18.0 Å². The number of hydrogen-bond acceptors (Lipinski definition) is 5. The number of ketones is 1. The van der Waals surface area contributed by atoms with Crippen molar-refractivity contribution in [1.29, 1.82) is 0 Å². The van der Waals surface area contributed by atoms with Crippen LogP contribution in [0.5, 0.6) is 0 Å². The lowest BCUT2D eigenvalue weighted by molar-refractivity contribution is -0.148. The molecule has 0 spiro atoms. The van der Waals surface area contributed by atoms with Gasteiger partial charge in [-0.25, -0.2) is 8.42 Å². The molecule has 3 rings (SSSR count). The highest BCUT2D eigenvalue weighted by atomic mass is 35.5. The fourth-order valence-electron chi connectivity index (χ4n) is 3.05. The molecule has 1 heterocycles. The van der Waals surface area contributed by atoms with Crippen molar-refractivity contribution in [3.63, 3.8) is 0 Å². The molecule has 8 heteroatoms. The van der Waals surface area contributed by atoms with E-state index in [1.807, 2.05) is 0 Å². The van der Waals surface area contributed by atoms with Crippen molar-refractivity contribution < 1.29 is 22.7 Å². The van der Waals surface area contributed by atoms with Crippen LogP contribution in [0, 0.1) is 5.92 Å². The molecule has 1 saturated heterocycles. The lowest BCUT2D eigenvalue weighted by atomic mass is 9.98. The Morgan fingerprint density at radius 1 is 1.00 bits per heavy atom. The van der Waals surface area contributed by atoms with Gasteiger partial charge in [-0.2, -0.15) is 4.31 Å². The highest BCUT2D eigenvalue weighted by molar-refractivity contribution is 7.89. The number of Topliss-reactive ketones (excluding diaryl/α,β-unsaturated/α-hetero) is 1. The molecule has 0 saturated carbocycles. The number of rotatable bonds is 6. The predicted molar refractivity (Wildman–Crippen MR) is 105 cm³/mol. The number of esters is 1. The van der Waals surface area contributed by atoms with E-state index in [2.05, 4.69) is 0 Å². The third-order valence-electron chi connectivity index (χ3n) is 4.68. The van der Waals surface area contributed by atoms with Gasteiger partial charge in [0.25, 0.3) is 0 Å². The van der Waals surface area contributed by atoms with Gasteiger partial charge >= 0.3 is 5.97 Å². The molecule has 148 valence electrons. The summed E-state index contributed by atoms with van der Waals surface area (Å²) in [5, 5.41) is 0.463. The Hall–Kier alpha value is -2.22. The van der Waals surface area contributed by atoms with Crippen molar-refractivity contribution in [2.75, 3.05) is 19.7 Å². The number of sulfonamides is 1. The minimum atomic E-state index is -3.62. The van der Waals surface area contributed by atoms with Gasteiger partial charge in [0, 0.05) is 23.7 Å². The summed E-state index contributed by atoms with van der Waals surface area (Å²) in [5.74, 6) is -1.15. The zero-order valence-electron chi connectivity index (χ0n) is 15.1. The summed E-state index contributed by atoms with van der Waals surface area (Å²) in [6.07, 6.45) is 0.705. The van der Waals surface area contributed by atoms with E-state index in [1.54, 1.807) is 30.3 Å². The van der Waals surface area contributed by atoms with E-state index in [4.69, 9.17) is 16.3 Å². The van der Waals surface area contributed by atoms with Crippen molar-refractivity contribution in [2.45, 2.75) is 17.7 Å². The van der Waals surface area contributed by atoms with E-state index < -0.39 is 21.9 Å². The van der Waals surface area contributed by atoms with Crippen molar-refractivity contribution >= 4 is 33.4 Å². The number of benzene rings is 2. The van der Waals surface area contributed by atoms with Crippen molar-refractivity contribution in [2.24, 2.45) is 5.92 Å². The van der Waals surface area contributed by atoms with Crippen molar-refractivity contribution in [3.05, 3.63) is 65.2 Å². The first kappa shape index (κ1) is 20.5. The van der Waals surface area contributed by atoms with Crippen LogP contribution in [-0.2, 0) is 19.6 Å². The molecule has 1 fully saturated rings. The SMILES string of the molecule is O=C(COC(=O)C1CCN(S(=O)(=O)c2ccc(Cl)cc2)CC1)c1ccccc1. The number of ether oxygens (including phenoxy) is 1. The van der Waals surface area contributed by atoms with Crippen LogP contribution in [-0.4, -0.2) is 44.2 Å². The fourth-order valence-corrected chi connectivity index (χ4v) is 4.65. The van der Waals surface area contributed by atoms with Gasteiger partial charge in [0.05, 0.1) is 10.8 Å². The molecule has 28 heavy (non-hydrogen) atoms. The highest BCUT2D eigenvalue weighted by Crippen LogP contribution is 2.25. The maximum Gasteiger partial charge on any atom is 0.309 e. The molecule has 1 aliphatic rings. The van der Waals surface area contributed by atoms with Crippen LogP contribution in [0.2, 0.25) is 5.02 Å². The summed E-state index contributed by atoms with van der Waals surface area (Å²) in [6.45, 7) is 0.126. The average molecular weight is 422 g/mol. The summed E-state index contributed by atoms with van der Waals surface area (Å²) in [4.78, 5) is 24.4. The molecule has 2 aromatic rings. The minimum Gasteiger partial charge on any atom is -0.457 e. The smallest absolute Gasteiger partial charge is 0.309 e. The second-order valence-electron chi connectivity index (χ2n) is 6.53. The van der Waals surface area contributed by atoms with Gasteiger partial charge in [-0.15, -0.1) is 0 Å². The molecule has 6 nitrogen and oxygen atoms in total. The molecule has 2 aromatic carbocycles. The lowest BCUT2D eigenvalue weighted by Crippen LogP contribution is -2.40. The number of halogens is 1. The molecule has 0 bridgehead atoms. The van der Waals surface area contributed by atoms with Crippen molar-refractivity contribution in [1.82, 2.24) is 4.31 Å². The van der Waals surface area contributed by atoms with Crippen molar-refractivity contribution in [3.8, 4) is 0 Å². The third-order valence-corrected chi connectivity index (χ3v) is 6.84. The van der Waals surface area contributed by atoms with Gasteiger partial charge in [0.1, 0.15) is 0 Å². The number of nitrogens with zero attached hydrogens (tertiary/aromatic N) is 1. The van der Waals surface area contributed by atoms with Gasteiger partial charge in [-0.3, -0.25) is 9.59 Å². The predicted octanol–water partition coefficient (Wildman–Crippen LogP) is 3.17. The zero-order valence-corrected chi connectivity index (χ0v) is 16.7. The fraction of sp³-hybridized carbons (Fsp3) is 0.300. The monoisotopic (exact) mass is 421 g/mol. The van der Waals surface area contributed by atoms with E-state index >= 15 is 0 Å². The van der Waals surface area contributed by atoms with Crippen LogP contribution in [0.25, 0.3) is 0 Å². The first-order valence-corrected chi connectivity index (χ1v) is 10.7. The summed E-state index contributed by atoms with van der Waals surface area (Å²) >= 11 is 5.81. The van der Waals surface area contributed by atoms with Crippen LogP contribution >= 0.6 is 11.6 Å². The molecular formula is C20H20ClNO5S. The number of piperidine rings is 1. The first-order chi connectivity index (χ1) is 13.4. The number of carbonyl (C=O) groups excluding carboxylic acids is 2. The largest absolute Gasteiger partial charge is 0.457 e. The first-order valence-electron chi connectivity index (χ1n) is 8.88. The van der Waals surface area contributed by atoms with E-state index in [0.717, 1.165) is 0 Å². The summed E-state index contributed by atoms with van der Waals surface area (Å²) in [5.41, 5.74) is 0.485. The molecule has 0 aliphatic carbocycles. The van der Waals surface area contributed by atoms with Gasteiger partial charge in [0.2, 0.25) is 10.0 Å². The molecular weight excluding hydrogens is 402 g/mol. The molecule has 0 atom stereocenters.